The molecular weight excluding hydrogens is 497 g/mol. The van der Waals surface area contributed by atoms with Crippen LogP contribution in [0.3, 0.4) is 0 Å². The fourth-order valence-electron chi connectivity index (χ4n) is 4.52. The summed E-state index contributed by atoms with van der Waals surface area (Å²) in [5, 5.41) is 0. The quantitative estimate of drug-likeness (QED) is 0.369. The normalized spacial score (nSPS) is 12.3. The van der Waals surface area contributed by atoms with Gasteiger partial charge in [0.2, 0.25) is 0 Å². The molecule has 0 unspecified atom stereocenters. The van der Waals surface area contributed by atoms with Crippen molar-refractivity contribution in [1.29, 1.82) is 0 Å². The van der Waals surface area contributed by atoms with Gasteiger partial charge in [-0.3, -0.25) is 9.69 Å². The summed E-state index contributed by atoms with van der Waals surface area (Å²) in [6.07, 6.45) is -1.13. The van der Waals surface area contributed by atoms with Crippen LogP contribution in [0, 0.1) is 6.92 Å². The number of methoxy groups -OCH3 is 1. The molecule has 1 aliphatic rings. The molecule has 0 saturated carbocycles. The van der Waals surface area contributed by atoms with Gasteiger partial charge in [-0.25, -0.2) is 4.79 Å². The van der Waals surface area contributed by atoms with Gasteiger partial charge in [0.05, 0.1) is 13.5 Å². The van der Waals surface area contributed by atoms with E-state index in [2.05, 4.69) is 4.74 Å². The Morgan fingerprint density at radius 3 is 2.06 bits per heavy atom. The molecule has 0 bridgehead atoms. The topological polar surface area (TPSA) is 55.8 Å². The van der Waals surface area contributed by atoms with Gasteiger partial charge in [-0.05, 0) is 40.3 Å². The van der Waals surface area contributed by atoms with E-state index in [0.29, 0.717) is 5.56 Å². The van der Waals surface area contributed by atoms with Crippen LogP contribution in [0.1, 0.15) is 28.2 Å². The first kappa shape index (κ1) is 28.5. The van der Waals surface area contributed by atoms with Gasteiger partial charge >= 0.3 is 70.4 Å². The molecule has 0 N–H and O–H groups in total. The first-order valence-corrected chi connectivity index (χ1v) is 11.1. The Bertz CT molecular complexity index is 1250. The molecule has 0 saturated heterocycles. The van der Waals surface area contributed by atoms with E-state index in [4.69, 9.17) is 4.74 Å². The summed E-state index contributed by atoms with van der Waals surface area (Å²) in [5.74, 6) is -0.852. The molecule has 0 aromatic heterocycles. The van der Waals surface area contributed by atoms with Crippen LogP contribution in [0.4, 0.5) is 23.4 Å². The van der Waals surface area contributed by atoms with Crippen LogP contribution in [-0.2, 0) is 20.7 Å². The molecule has 4 rings (SSSR count). The summed E-state index contributed by atoms with van der Waals surface area (Å²) in [7, 11) is 2.52. The van der Waals surface area contributed by atoms with Crippen LogP contribution >= 0.6 is 0 Å². The number of rotatable bonds is 6. The van der Waals surface area contributed by atoms with Gasteiger partial charge in [-0.1, -0.05) is 60.7 Å². The van der Waals surface area contributed by atoms with Crippen molar-refractivity contribution < 1.29 is 83.4 Å². The maximum atomic E-state index is 13.6. The Morgan fingerprint density at radius 2 is 1.53 bits per heavy atom. The zero-order valence-corrected chi connectivity index (χ0v) is 23.7. The minimum atomic E-state index is -5.36. The third-order valence-corrected chi connectivity index (χ3v) is 6.42. The van der Waals surface area contributed by atoms with E-state index in [1.807, 2.05) is 48.5 Å². The molecule has 0 atom stereocenters. The van der Waals surface area contributed by atoms with E-state index in [1.165, 1.54) is 14.2 Å². The zero-order valence-electron chi connectivity index (χ0n) is 20.6. The van der Waals surface area contributed by atoms with Gasteiger partial charge in [0, 0.05) is 18.7 Å². The number of amides is 1. The third-order valence-electron chi connectivity index (χ3n) is 6.42. The van der Waals surface area contributed by atoms with Gasteiger partial charge in [0.15, 0.2) is 0 Å². The average molecular weight is 521 g/mol. The Morgan fingerprint density at radius 1 is 0.972 bits per heavy atom. The first-order chi connectivity index (χ1) is 16.6. The number of benzene rings is 3. The number of fused-ring (bicyclic) bond motifs is 3. The van der Waals surface area contributed by atoms with Crippen molar-refractivity contribution in [3.05, 3.63) is 82.9 Å². The molecule has 0 aliphatic heterocycles. The summed E-state index contributed by atoms with van der Waals surface area (Å²) in [5.41, 5.74) is 3.84. The van der Waals surface area contributed by atoms with Crippen molar-refractivity contribution in [1.82, 2.24) is 0 Å². The smallest absolute Gasteiger partial charge is 0.469 e. The van der Waals surface area contributed by atoms with E-state index >= 15 is 0 Å². The van der Waals surface area contributed by atoms with E-state index in [-0.39, 0.29) is 81.6 Å². The summed E-state index contributed by atoms with van der Waals surface area (Å²) >= 11 is 0. The first-order valence-electron chi connectivity index (χ1n) is 11.1. The number of carbonyl (C=O) groups excluding carboxylic acids is 2. The Hall–Kier alpha value is -2.11. The Labute approximate surface area is 250 Å². The fourth-order valence-corrected chi connectivity index (χ4v) is 4.52. The van der Waals surface area contributed by atoms with Crippen LogP contribution in [0.15, 0.2) is 60.7 Å². The molecule has 36 heavy (non-hydrogen) atoms. The number of carbonyl (C=O) groups is 2. The maximum Gasteiger partial charge on any atom is 1.00 e. The number of ether oxygens (including phenoxy) is 2. The van der Waals surface area contributed by atoms with Crippen molar-refractivity contribution >= 4 is 30.2 Å². The number of nitrogens with zero attached hydrogens (tertiary/aromatic N) is 1. The molecule has 5 nitrogen and oxygen atoms in total. The van der Waals surface area contributed by atoms with Crippen molar-refractivity contribution in [2.24, 2.45) is 0 Å². The van der Waals surface area contributed by atoms with Crippen LogP contribution in [0.2, 0.25) is 0 Å². The number of hydrogen-bond acceptors (Lipinski definition) is 4. The SMILES string of the molecule is COC(=O)Cc1cc([B-](F)(F)F)cc(N(C)C(=O)OCC2c3ccccc3-c3ccccc32)c1C.[K+]. The molecule has 3 aromatic carbocycles. The molecule has 1 amide bonds. The molecule has 182 valence electrons. The van der Waals surface area contributed by atoms with Crippen LogP contribution in [0.25, 0.3) is 11.1 Å². The van der Waals surface area contributed by atoms with Crippen LogP contribution in [-0.4, -0.2) is 39.8 Å². The monoisotopic (exact) mass is 521 g/mol. The Kier molecular flexibility index (Phi) is 9.11. The number of esters is 1. The fraction of sp³-hybridized carbons (Fsp3) is 0.231. The van der Waals surface area contributed by atoms with Gasteiger partial charge in [-0.15, -0.1) is 5.46 Å². The van der Waals surface area contributed by atoms with E-state index < -0.39 is 24.5 Å². The average Bonchev–Trinajstić information content (AvgIpc) is 3.16. The maximum absolute atomic E-state index is 13.6. The van der Waals surface area contributed by atoms with Crippen LogP contribution < -0.4 is 61.7 Å². The number of halogens is 3. The zero-order chi connectivity index (χ0) is 25.3. The molecule has 0 fully saturated rings. The largest absolute Gasteiger partial charge is 1.00 e. The van der Waals surface area contributed by atoms with Crippen molar-refractivity contribution in [2.75, 3.05) is 25.7 Å². The molecule has 0 radical (unpaired) electrons. The van der Waals surface area contributed by atoms with E-state index in [0.717, 1.165) is 39.3 Å². The molecule has 3 aromatic rings. The van der Waals surface area contributed by atoms with Crippen molar-refractivity contribution in [2.45, 2.75) is 19.3 Å². The third kappa shape index (κ3) is 5.73. The number of hydrogen-bond donors (Lipinski definition) is 0. The van der Waals surface area contributed by atoms with E-state index in [9.17, 15) is 22.5 Å². The second kappa shape index (κ2) is 11.5. The van der Waals surface area contributed by atoms with Crippen molar-refractivity contribution in [3.63, 3.8) is 0 Å². The molecule has 10 heteroatoms. The van der Waals surface area contributed by atoms with Crippen molar-refractivity contribution in [3.8, 4) is 11.1 Å². The van der Waals surface area contributed by atoms with E-state index in [1.54, 1.807) is 6.92 Å². The minimum Gasteiger partial charge on any atom is -0.469 e. The summed E-state index contributed by atoms with van der Waals surface area (Å²) in [4.78, 5) is 25.8. The minimum absolute atomic E-state index is 0. The standard InChI is InChI=1S/C26H24BF3NO4.K/c1-16-17(13-25(32)34-3)12-18(27(28,29)30)14-24(16)31(2)26(33)35-15-23-21-10-6-4-8-19(21)20-9-5-7-11-22(20)23;/h4-12,14,23H,13,15H2,1-3H3;/q-1;+1. The molecule has 0 heterocycles. The number of anilines is 1. The van der Waals surface area contributed by atoms with Gasteiger partial charge in [-0.2, -0.15) is 0 Å². The van der Waals surface area contributed by atoms with Gasteiger partial charge < -0.3 is 22.4 Å². The summed E-state index contributed by atoms with van der Waals surface area (Å²) < 4.78 is 51.0. The predicted molar refractivity (Wildman–Crippen MR) is 129 cm³/mol. The Balaban J connectivity index is 0.00000361. The molecular formula is C26H24BF3KNO4. The van der Waals surface area contributed by atoms with Crippen LogP contribution in [0.5, 0.6) is 0 Å². The molecule has 0 spiro atoms. The second-order valence-electron chi connectivity index (χ2n) is 8.51. The van der Waals surface area contributed by atoms with Gasteiger partial charge in [0.25, 0.3) is 0 Å². The summed E-state index contributed by atoms with van der Waals surface area (Å²) in [6.45, 7) is -3.76. The molecule has 1 aliphatic carbocycles. The predicted octanol–water partition coefficient (Wildman–Crippen LogP) is 2.15. The van der Waals surface area contributed by atoms with Gasteiger partial charge in [0.1, 0.15) is 6.61 Å². The second-order valence-corrected chi connectivity index (χ2v) is 8.51. The summed E-state index contributed by atoms with van der Waals surface area (Å²) in [6, 6.07) is 17.6.